The smallest absolute Gasteiger partial charge is 0.301 e. The minimum absolute atomic E-state index is 0.116. The Morgan fingerprint density at radius 3 is 2.48 bits per heavy atom. The van der Waals surface area contributed by atoms with Gasteiger partial charge < -0.3 is 4.90 Å². The van der Waals surface area contributed by atoms with Gasteiger partial charge in [0.25, 0.3) is 0 Å². The van der Waals surface area contributed by atoms with Crippen molar-refractivity contribution in [2.45, 2.75) is 51.0 Å². The van der Waals surface area contributed by atoms with Crippen LogP contribution in [0.1, 0.15) is 44.1 Å². The van der Waals surface area contributed by atoms with Crippen LogP contribution in [0, 0.1) is 0 Å². The first-order chi connectivity index (χ1) is 11.1. The summed E-state index contributed by atoms with van der Waals surface area (Å²) in [5, 5.41) is 0. The maximum Gasteiger partial charge on any atom is 0.301 e. The molecule has 1 aromatic rings. The van der Waals surface area contributed by atoms with Crippen LogP contribution in [0.2, 0.25) is 0 Å². The van der Waals surface area contributed by atoms with Gasteiger partial charge in [-0.25, -0.2) is 0 Å². The second-order valence-electron chi connectivity index (χ2n) is 6.93. The van der Waals surface area contributed by atoms with Gasteiger partial charge in [-0.15, -0.1) is 0 Å². The molecule has 1 aromatic carbocycles. The summed E-state index contributed by atoms with van der Waals surface area (Å²) in [5.41, 5.74) is 3.17. The van der Waals surface area contributed by atoms with Crippen LogP contribution in [0.5, 0.6) is 0 Å². The second kappa shape index (κ2) is 5.98. The van der Waals surface area contributed by atoms with Crippen LogP contribution in [0.3, 0.4) is 0 Å². The zero-order chi connectivity index (χ0) is 15.9. The number of rotatable bonds is 4. The maximum absolute atomic E-state index is 12.8. The van der Waals surface area contributed by atoms with Gasteiger partial charge in [-0.1, -0.05) is 18.9 Å². The van der Waals surface area contributed by atoms with Gasteiger partial charge in [-0.2, -0.15) is 13.1 Å². The standard InChI is InChI=1S/C17H25N3O2S/c21-23(22,18-15-5-1-2-6-15)20-12-9-14-7-8-16(13-17(14)20)19-10-3-4-11-19/h7-8,13,15,18H,1-6,9-12H2. The zero-order valence-electron chi connectivity index (χ0n) is 13.5. The highest BCUT2D eigenvalue weighted by Gasteiger charge is 2.32. The molecule has 2 fully saturated rings. The van der Waals surface area contributed by atoms with Crippen molar-refractivity contribution in [3.05, 3.63) is 23.8 Å². The molecule has 0 spiro atoms. The lowest BCUT2D eigenvalue weighted by atomic mass is 10.1. The molecule has 0 bridgehead atoms. The highest BCUT2D eigenvalue weighted by Crippen LogP contribution is 2.35. The molecule has 0 unspecified atom stereocenters. The van der Waals surface area contributed by atoms with Crippen molar-refractivity contribution >= 4 is 21.6 Å². The molecule has 23 heavy (non-hydrogen) atoms. The highest BCUT2D eigenvalue weighted by atomic mass is 32.2. The van der Waals surface area contributed by atoms with Crippen LogP contribution in [0.25, 0.3) is 0 Å². The molecule has 0 atom stereocenters. The molecule has 6 heteroatoms. The summed E-state index contributed by atoms with van der Waals surface area (Å²) in [4.78, 5) is 2.35. The summed E-state index contributed by atoms with van der Waals surface area (Å²) in [6, 6.07) is 6.44. The molecule has 1 saturated carbocycles. The summed E-state index contributed by atoms with van der Waals surface area (Å²) in [7, 11) is -3.43. The van der Waals surface area contributed by atoms with Crippen LogP contribution in [0.15, 0.2) is 18.2 Å². The molecule has 1 N–H and O–H groups in total. The van der Waals surface area contributed by atoms with E-state index < -0.39 is 10.2 Å². The fourth-order valence-electron chi connectivity index (χ4n) is 4.08. The van der Waals surface area contributed by atoms with Crippen molar-refractivity contribution in [2.75, 3.05) is 28.8 Å². The molecule has 0 amide bonds. The van der Waals surface area contributed by atoms with E-state index in [-0.39, 0.29) is 6.04 Å². The minimum Gasteiger partial charge on any atom is -0.371 e. The highest BCUT2D eigenvalue weighted by molar-refractivity contribution is 7.90. The number of hydrogen-bond donors (Lipinski definition) is 1. The summed E-state index contributed by atoms with van der Waals surface area (Å²) >= 11 is 0. The van der Waals surface area contributed by atoms with Crippen molar-refractivity contribution < 1.29 is 8.42 Å². The second-order valence-corrected chi connectivity index (χ2v) is 8.56. The molecule has 3 aliphatic rings. The molecule has 5 nitrogen and oxygen atoms in total. The van der Waals surface area contributed by atoms with E-state index >= 15 is 0 Å². The quantitative estimate of drug-likeness (QED) is 0.919. The largest absolute Gasteiger partial charge is 0.371 e. The lowest BCUT2D eigenvalue weighted by molar-refractivity contribution is 0.549. The molecular formula is C17H25N3O2S. The average Bonchev–Trinajstić information content (AvgIpc) is 3.27. The van der Waals surface area contributed by atoms with Crippen molar-refractivity contribution in [1.29, 1.82) is 0 Å². The first-order valence-electron chi connectivity index (χ1n) is 8.81. The molecule has 2 heterocycles. The Morgan fingerprint density at radius 2 is 1.74 bits per heavy atom. The van der Waals surface area contributed by atoms with Gasteiger partial charge in [0.1, 0.15) is 0 Å². The van der Waals surface area contributed by atoms with Gasteiger partial charge in [0.05, 0.1) is 5.69 Å². The number of nitrogens with one attached hydrogen (secondary N) is 1. The third-order valence-corrected chi connectivity index (χ3v) is 6.94. The van der Waals surface area contributed by atoms with E-state index in [1.165, 1.54) is 12.8 Å². The van der Waals surface area contributed by atoms with Gasteiger partial charge in [0.15, 0.2) is 0 Å². The van der Waals surface area contributed by atoms with Gasteiger partial charge in [0.2, 0.25) is 0 Å². The number of nitrogens with zero attached hydrogens (tertiary/aromatic N) is 2. The topological polar surface area (TPSA) is 52.7 Å². The lowest BCUT2D eigenvalue weighted by Gasteiger charge is -2.24. The van der Waals surface area contributed by atoms with E-state index in [1.807, 2.05) is 0 Å². The molecule has 0 aromatic heterocycles. The Kier molecular flexibility index (Phi) is 3.97. The number of benzene rings is 1. The number of anilines is 2. The van der Waals surface area contributed by atoms with E-state index in [0.29, 0.717) is 6.54 Å². The fraction of sp³-hybridized carbons (Fsp3) is 0.647. The molecule has 0 radical (unpaired) electrons. The van der Waals surface area contributed by atoms with Crippen LogP contribution in [0.4, 0.5) is 11.4 Å². The lowest BCUT2D eigenvalue weighted by Crippen LogP contribution is -2.44. The predicted octanol–water partition coefficient (Wildman–Crippen LogP) is 2.43. The summed E-state index contributed by atoms with van der Waals surface area (Å²) < 4.78 is 30.1. The molecular weight excluding hydrogens is 310 g/mol. The van der Waals surface area contributed by atoms with Crippen LogP contribution in [-0.2, 0) is 16.6 Å². The molecule has 1 aliphatic carbocycles. The van der Waals surface area contributed by atoms with Crippen LogP contribution in [-0.4, -0.2) is 34.1 Å². The third kappa shape index (κ3) is 2.94. The van der Waals surface area contributed by atoms with Crippen molar-refractivity contribution in [3.63, 3.8) is 0 Å². The SMILES string of the molecule is O=S(=O)(NC1CCCC1)N1CCc2ccc(N3CCCC3)cc21. The van der Waals surface area contributed by atoms with Gasteiger partial charge in [-0.3, -0.25) is 4.31 Å². The van der Waals surface area contributed by atoms with Gasteiger partial charge >= 0.3 is 10.2 Å². The first kappa shape index (κ1) is 15.3. The number of hydrogen-bond acceptors (Lipinski definition) is 3. The van der Waals surface area contributed by atoms with Crippen LogP contribution >= 0.6 is 0 Å². The molecule has 126 valence electrons. The fourth-order valence-corrected chi connectivity index (χ4v) is 5.62. The summed E-state index contributed by atoms with van der Waals surface area (Å²) in [6.45, 7) is 2.71. The average molecular weight is 335 g/mol. The van der Waals surface area contributed by atoms with Crippen molar-refractivity contribution in [3.8, 4) is 0 Å². The molecule has 2 aliphatic heterocycles. The predicted molar refractivity (Wildman–Crippen MR) is 93.3 cm³/mol. The van der Waals surface area contributed by atoms with E-state index in [0.717, 1.165) is 62.1 Å². The summed E-state index contributed by atoms with van der Waals surface area (Å²) in [6.07, 6.45) is 7.44. The first-order valence-corrected chi connectivity index (χ1v) is 10.3. The van der Waals surface area contributed by atoms with E-state index in [1.54, 1.807) is 4.31 Å². The monoisotopic (exact) mass is 335 g/mol. The number of fused-ring (bicyclic) bond motifs is 1. The Hall–Kier alpha value is -1.27. The van der Waals surface area contributed by atoms with Crippen molar-refractivity contribution in [1.82, 2.24) is 4.72 Å². The van der Waals surface area contributed by atoms with Crippen molar-refractivity contribution in [2.24, 2.45) is 0 Å². The maximum atomic E-state index is 12.8. The Bertz CT molecular complexity index is 677. The van der Waals surface area contributed by atoms with E-state index in [9.17, 15) is 8.42 Å². The zero-order valence-corrected chi connectivity index (χ0v) is 14.3. The molecule has 1 saturated heterocycles. The minimum atomic E-state index is -3.43. The van der Waals surface area contributed by atoms with E-state index in [4.69, 9.17) is 0 Å². The Labute approximate surface area is 138 Å². The third-order valence-electron chi connectivity index (χ3n) is 5.35. The summed E-state index contributed by atoms with van der Waals surface area (Å²) in [5.74, 6) is 0. The van der Waals surface area contributed by atoms with Gasteiger partial charge in [0, 0.05) is 31.4 Å². The van der Waals surface area contributed by atoms with Crippen LogP contribution < -0.4 is 13.9 Å². The Balaban J connectivity index is 1.59. The normalized spacial score (nSPS) is 22.1. The Morgan fingerprint density at radius 1 is 1.00 bits per heavy atom. The van der Waals surface area contributed by atoms with Gasteiger partial charge in [-0.05, 0) is 49.8 Å². The van der Waals surface area contributed by atoms with E-state index in [2.05, 4.69) is 27.8 Å². The molecule has 4 rings (SSSR count).